The first-order valence-electron chi connectivity index (χ1n) is 8.59. The highest BCUT2D eigenvalue weighted by Gasteiger charge is 2.15. The van der Waals surface area contributed by atoms with Crippen molar-refractivity contribution >= 4 is 17.7 Å². The van der Waals surface area contributed by atoms with Crippen molar-refractivity contribution in [2.75, 3.05) is 5.32 Å². The lowest BCUT2D eigenvalue weighted by molar-refractivity contribution is -0.116. The van der Waals surface area contributed by atoms with Crippen LogP contribution in [0, 0.1) is 5.92 Å². The predicted molar refractivity (Wildman–Crippen MR) is 102 cm³/mol. The number of aromatic nitrogens is 3. The minimum atomic E-state index is -0.984. The second-order valence-corrected chi connectivity index (χ2v) is 6.54. The van der Waals surface area contributed by atoms with E-state index < -0.39 is 5.97 Å². The fourth-order valence-electron chi connectivity index (χ4n) is 2.61. The molecule has 0 radical (unpaired) electrons. The molecule has 1 amide bonds. The van der Waals surface area contributed by atoms with E-state index in [9.17, 15) is 9.59 Å². The van der Waals surface area contributed by atoms with Gasteiger partial charge in [-0.25, -0.2) is 9.78 Å². The molecule has 0 fully saturated rings. The zero-order valence-electron chi connectivity index (χ0n) is 15.1. The fourth-order valence-corrected chi connectivity index (χ4v) is 2.61. The molecule has 2 heterocycles. The normalized spacial score (nSPS) is 10.8. The van der Waals surface area contributed by atoms with Crippen LogP contribution in [0.1, 0.15) is 30.6 Å². The van der Waals surface area contributed by atoms with Crippen LogP contribution >= 0.6 is 0 Å². The summed E-state index contributed by atoms with van der Waals surface area (Å²) in [6.07, 6.45) is 2.05. The van der Waals surface area contributed by atoms with Crippen LogP contribution in [0.25, 0.3) is 17.1 Å². The lowest BCUT2D eigenvalue weighted by Gasteiger charge is -2.09. The summed E-state index contributed by atoms with van der Waals surface area (Å²) in [6, 6.07) is 13.6. The van der Waals surface area contributed by atoms with Crippen LogP contribution in [-0.4, -0.2) is 31.7 Å². The summed E-state index contributed by atoms with van der Waals surface area (Å²) in [6.45, 7) is 3.95. The van der Waals surface area contributed by atoms with Gasteiger partial charge in [-0.3, -0.25) is 4.79 Å². The average Bonchev–Trinajstić information content (AvgIpc) is 3.05. The molecule has 3 rings (SSSR count). The van der Waals surface area contributed by atoms with Crippen molar-refractivity contribution in [3.63, 3.8) is 0 Å². The molecule has 0 atom stereocenters. The van der Waals surface area contributed by atoms with Crippen molar-refractivity contribution in [2.24, 2.45) is 5.92 Å². The molecular weight excluding hydrogens is 344 g/mol. The van der Waals surface area contributed by atoms with Gasteiger partial charge in [-0.15, -0.1) is 0 Å². The Bertz CT molecular complexity index is 947. The van der Waals surface area contributed by atoms with E-state index in [1.54, 1.807) is 41.2 Å². The number of anilines is 1. The minimum absolute atomic E-state index is 0.102. The first kappa shape index (κ1) is 18.3. The van der Waals surface area contributed by atoms with E-state index in [0.29, 0.717) is 23.8 Å². The van der Waals surface area contributed by atoms with Crippen molar-refractivity contribution in [3.8, 4) is 17.1 Å². The third kappa shape index (κ3) is 4.38. The Morgan fingerprint density at radius 3 is 2.48 bits per heavy atom. The van der Waals surface area contributed by atoms with Gasteiger partial charge in [0, 0.05) is 24.2 Å². The number of hydrogen-bond donors (Lipinski definition) is 2. The Labute approximate surface area is 156 Å². The third-order valence-electron chi connectivity index (χ3n) is 3.86. The topological polar surface area (TPSA) is 97.1 Å². The van der Waals surface area contributed by atoms with Gasteiger partial charge < -0.3 is 10.4 Å². The maximum Gasteiger partial charge on any atom is 0.335 e. The molecule has 27 heavy (non-hydrogen) atoms. The zero-order chi connectivity index (χ0) is 19.4. The predicted octanol–water partition coefficient (Wildman–Crippen LogP) is 3.62. The number of amides is 1. The van der Waals surface area contributed by atoms with E-state index in [-0.39, 0.29) is 17.4 Å². The van der Waals surface area contributed by atoms with Gasteiger partial charge in [0.1, 0.15) is 5.82 Å². The molecule has 7 heteroatoms. The first-order valence-corrected chi connectivity index (χ1v) is 8.59. The maximum absolute atomic E-state index is 12.2. The van der Waals surface area contributed by atoms with Crippen LogP contribution in [0.4, 0.5) is 5.82 Å². The standard InChI is InChI=1S/C20H20N4O3/c1-13(2)11-19(25)22-18-12-16(14-6-8-15(9-7-14)20(26)27)23-24(18)17-5-3-4-10-21-17/h3-10,12-13H,11H2,1-2H3,(H,22,25)(H,26,27). The Balaban J connectivity index is 1.98. The molecule has 138 valence electrons. The van der Waals surface area contributed by atoms with Crippen molar-refractivity contribution in [1.82, 2.24) is 14.8 Å². The number of nitrogens with zero attached hydrogens (tertiary/aromatic N) is 3. The van der Waals surface area contributed by atoms with Gasteiger partial charge >= 0.3 is 5.97 Å². The van der Waals surface area contributed by atoms with E-state index in [4.69, 9.17) is 5.11 Å². The van der Waals surface area contributed by atoms with Gasteiger partial charge in [0.15, 0.2) is 5.82 Å². The molecule has 2 aromatic heterocycles. The number of hydrogen-bond acceptors (Lipinski definition) is 4. The smallest absolute Gasteiger partial charge is 0.335 e. The van der Waals surface area contributed by atoms with Crippen LogP contribution in [-0.2, 0) is 4.79 Å². The minimum Gasteiger partial charge on any atom is -0.478 e. The lowest BCUT2D eigenvalue weighted by atomic mass is 10.1. The molecule has 0 bridgehead atoms. The molecular formula is C20H20N4O3. The van der Waals surface area contributed by atoms with E-state index in [1.807, 2.05) is 19.9 Å². The van der Waals surface area contributed by atoms with Crippen molar-refractivity contribution in [2.45, 2.75) is 20.3 Å². The quantitative estimate of drug-likeness (QED) is 0.696. The summed E-state index contributed by atoms with van der Waals surface area (Å²) in [7, 11) is 0. The second-order valence-electron chi connectivity index (χ2n) is 6.54. The van der Waals surface area contributed by atoms with E-state index in [1.165, 1.54) is 12.1 Å². The number of carboxylic acid groups (broad SMARTS) is 1. The summed E-state index contributed by atoms with van der Waals surface area (Å²) < 4.78 is 1.57. The number of pyridine rings is 1. The van der Waals surface area contributed by atoms with Gasteiger partial charge in [-0.1, -0.05) is 32.0 Å². The highest BCUT2D eigenvalue weighted by atomic mass is 16.4. The first-order chi connectivity index (χ1) is 12.9. The van der Waals surface area contributed by atoms with Crippen LogP contribution in [0.15, 0.2) is 54.7 Å². The van der Waals surface area contributed by atoms with Crippen LogP contribution in [0.3, 0.4) is 0 Å². The number of carbonyl (C=O) groups is 2. The summed E-state index contributed by atoms with van der Waals surface area (Å²) in [5.74, 6) is 0.235. The van der Waals surface area contributed by atoms with Crippen LogP contribution < -0.4 is 5.32 Å². The summed E-state index contributed by atoms with van der Waals surface area (Å²) in [4.78, 5) is 27.6. The van der Waals surface area contributed by atoms with Crippen molar-refractivity contribution in [1.29, 1.82) is 0 Å². The highest BCUT2D eigenvalue weighted by Crippen LogP contribution is 2.25. The van der Waals surface area contributed by atoms with Crippen molar-refractivity contribution in [3.05, 3.63) is 60.3 Å². The molecule has 0 spiro atoms. The number of carboxylic acids is 1. The molecule has 0 aliphatic carbocycles. The molecule has 0 saturated carbocycles. The molecule has 0 unspecified atom stereocenters. The molecule has 0 saturated heterocycles. The Morgan fingerprint density at radius 1 is 1.15 bits per heavy atom. The SMILES string of the molecule is CC(C)CC(=O)Nc1cc(-c2ccc(C(=O)O)cc2)nn1-c1ccccn1. The molecule has 0 aliphatic rings. The Morgan fingerprint density at radius 2 is 1.89 bits per heavy atom. The summed E-state index contributed by atoms with van der Waals surface area (Å²) >= 11 is 0. The molecule has 3 aromatic rings. The van der Waals surface area contributed by atoms with E-state index in [0.717, 1.165) is 5.56 Å². The van der Waals surface area contributed by atoms with Crippen LogP contribution in [0.5, 0.6) is 0 Å². The summed E-state index contributed by atoms with van der Waals surface area (Å²) in [5, 5.41) is 16.5. The van der Waals surface area contributed by atoms with Gasteiger partial charge in [0.25, 0.3) is 0 Å². The maximum atomic E-state index is 12.2. The number of rotatable bonds is 6. The third-order valence-corrected chi connectivity index (χ3v) is 3.86. The Kier molecular flexibility index (Phi) is 5.30. The van der Waals surface area contributed by atoms with Gasteiger partial charge in [0.2, 0.25) is 5.91 Å². The monoisotopic (exact) mass is 364 g/mol. The number of carbonyl (C=O) groups excluding carboxylic acids is 1. The number of benzene rings is 1. The fraction of sp³-hybridized carbons (Fsp3) is 0.200. The van der Waals surface area contributed by atoms with Crippen LogP contribution in [0.2, 0.25) is 0 Å². The number of nitrogens with one attached hydrogen (secondary N) is 1. The summed E-state index contributed by atoms with van der Waals surface area (Å²) in [5.41, 5.74) is 1.56. The largest absolute Gasteiger partial charge is 0.478 e. The molecule has 7 nitrogen and oxygen atoms in total. The molecule has 1 aromatic carbocycles. The van der Waals surface area contributed by atoms with E-state index in [2.05, 4.69) is 15.4 Å². The van der Waals surface area contributed by atoms with Gasteiger partial charge in [0.05, 0.1) is 11.3 Å². The van der Waals surface area contributed by atoms with E-state index >= 15 is 0 Å². The number of aromatic carboxylic acids is 1. The Hall–Kier alpha value is -3.48. The second kappa shape index (κ2) is 7.82. The van der Waals surface area contributed by atoms with Gasteiger partial charge in [-0.2, -0.15) is 9.78 Å². The average molecular weight is 364 g/mol. The van der Waals surface area contributed by atoms with Crippen molar-refractivity contribution < 1.29 is 14.7 Å². The zero-order valence-corrected chi connectivity index (χ0v) is 15.1. The van der Waals surface area contributed by atoms with Gasteiger partial charge in [-0.05, 0) is 30.2 Å². The highest BCUT2D eigenvalue weighted by molar-refractivity contribution is 5.91. The molecule has 2 N–H and O–H groups in total. The lowest BCUT2D eigenvalue weighted by Crippen LogP contribution is -2.16. The molecule has 0 aliphatic heterocycles.